The zero-order chi connectivity index (χ0) is 26.9. The molecule has 11 heteroatoms. The fraction of sp³-hybridized carbons (Fsp3) is 0.214. The van der Waals surface area contributed by atoms with Gasteiger partial charge < -0.3 is 24.4 Å². The molecular weight excluding hydrogens is 518 g/mol. The highest BCUT2D eigenvalue weighted by molar-refractivity contribution is 6.30. The number of methoxy groups -OCH3 is 1. The van der Waals surface area contributed by atoms with Crippen molar-refractivity contribution in [2.45, 2.75) is 6.61 Å². The number of benzene rings is 3. The maximum atomic E-state index is 6.01. The third kappa shape index (κ3) is 7.34. The summed E-state index contributed by atoms with van der Waals surface area (Å²) in [6.07, 6.45) is 1.66. The molecule has 2 heterocycles. The summed E-state index contributed by atoms with van der Waals surface area (Å²) in [6, 6.07) is 22.8. The van der Waals surface area contributed by atoms with E-state index in [1.807, 2.05) is 72.8 Å². The van der Waals surface area contributed by atoms with Crippen molar-refractivity contribution in [2.75, 3.05) is 49.1 Å². The van der Waals surface area contributed by atoms with Crippen molar-refractivity contribution in [3.8, 4) is 11.5 Å². The monoisotopic (exact) mass is 545 g/mol. The Morgan fingerprint density at radius 1 is 0.949 bits per heavy atom. The molecule has 0 aliphatic carbocycles. The summed E-state index contributed by atoms with van der Waals surface area (Å²) >= 11 is 5.98. The first-order chi connectivity index (χ1) is 19.2. The van der Waals surface area contributed by atoms with E-state index in [0.717, 1.165) is 16.8 Å². The van der Waals surface area contributed by atoms with Crippen molar-refractivity contribution in [3.05, 3.63) is 88.9 Å². The lowest BCUT2D eigenvalue weighted by Crippen LogP contribution is -2.37. The Bertz CT molecular complexity index is 1400. The van der Waals surface area contributed by atoms with Crippen LogP contribution in [0, 0.1) is 0 Å². The molecule has 1 aliphatic rings. The van der Waals surface area contributed by atoms with Gasteiger partial charge in [-0.1, -0.05) is 41.9 Å². The van der Waals surface area contributed by atoms with Crippen LogP contribution in [0.5, 0.6) is 11.5 Å². The minimum Gasteiger partial charge on any atom is -0.493 e. The van der Waals surface area contributed by atoms with Crippen LogP contribution in [0.2, 0.25) is 5.02 Å². The number of hydrazone groups is 1. The predicted molar refractivity (Wildman–Crippen MR) is 153 cm³/mol. The van der Waals surface area contributed by atoms with Crippen molar-refractivity contribution in [3.63, 3.8) is 0 Å². The molecule has 1 aromatic heterocycles. The van der Waals surface area contributed by atoms with Crippen LogP contribution in [0.4, 0.5) is 23.5 Å². The lowest BCUT2D eigenvalue weighted by molar-refractivity contribution is 0.122. The van der Waals surface area contributed by atoms with Gasteiger partial charge in [0.05, 0.1) is 26.5 Å². The largest absolute Gasteiger partial charge is 0.493 e. The molecule has 10 nitrogen and oxygen atoms in total. The standard InChI is InChI=1S/C28H28ClN7O3/c1-37-24-12-9-21(17-25(24)39-19-20-7-10-22(29)11-8-20)18-30-35-27-32-26(31-23-5-3-2-4-6-23)33-28(34-27)36-13-15-38-16-14-36/h2-12,17-18H,13-16,19H2,1H3,(H2,31,32,33,34,35)/b30-18-. The van der Waals surface area contributed by atoms with Crippen molar-refractivity contribution in [1.29, 1.82) is 0 Å². The number of aromatic nitrogens is 3. The quantitative estimate of drug-likeness (QED) is 0.207. The van der Waals surface area contributed by atoms with Crippen LogP contribution in [0.25, 0.3) is 0 Å². The number of anilines is 4. The highest BCUT2D eigenvalue weighted by atomic mass is 35.5. The van der Waals surface area contributed by atoms with E-state index in [0.29, 0.717) is 67.3 Å². The van der Waals surface area contributed by atoms with Gasteiger partial charge in [-0.2, -0.15) is 20.1 Å². The molecular formula is C28H28ClN7O3. The Hall–Kier alpha value is -4.41. The highest BCUT2D eigenvalue weighted by Gasteiger charge is 2.17. The number of nitrogens with one attached hydrogen (secondary N) is 2. The van der Waals surface area contributed by atoms with Crippen LogP contribution >= 0.6 is 11.6 Å². The summed E-state index contributed by atoms with van der Waals surface area (Å²) < 4.78 is 16.9. The lowest BCUT2D eigenvalue weighted by Gasteiger charge is -2.27. The smallest absolute Gasteiger partial charge is 0.250 e. The third-order valence-electron chi connectivity index (χ3n) is 5.82. The Balaban J connectivity index is 1.31. The molecule has 39 heavy (non-hydrogen) atoms. The van der Waals surface area contributed by atoms with Gasteiger partial charge in [0.2, 0.25) is 17.8 Å². The van der Waals surface area contributed by atoms with Gasteiger partial charge in [-0.05, 0) is 53.6 Å². The van der Waals surface area contributed by atoms with E-state index < -0.39 is 0 Å². The first-order valence-electron chi connectivity index (χ1n) is 12.4. The summed E-state index contributed by atoms with van der Waals surface area (Å²) in [5.41, 5.74) is 5.60. The van der Waals surface area contributed by atoms with Crippen LogP contribution in [-0.4, -0.2) is 54.6 Å². The SMILES string of the molecule is COc1ccc(/C=N\Nc2nc(Nc3ccccc3)nc(N3CCOCC3)n2)cc1OCc1ccc(Cl)cc1. The van der Waals surface area contributed by atoms with Crippen LogP contribution in [0.15, 0.2) is 77.9 Å². The van der Waals surface area contributed by atoms with Crippen LogP contribution in [0.3, 0.4) is 0 Å². The fourth-order valence-corrected chi connectivity index (χ4v) is 3.94. The molecule has 0 bridgehead atoms. The van der Waals surface area contributed by atoms with Crippen LogP contribution < -0.4 is 25.1 Å². The summed E-state index contributed by atoms with van der Waals surface area (Å²) in [4.78, 5) is 15.7. The maximum absolute atomic E-state index is 6.01. The first kappa shape index (κ1) is 26.2. The lowest BCUT2D eigenvalue weighted by atomic mass is 10.2. The maximum Gasteiger partial charge on any atom is 0.250 e. The fourth-order valence-electron chi connectivity index (χ4n) is 3.82. The van der Waals surface area contributed by atoms with Gasteiger partial charge in [0.15, 0.2) is 11.5 Å². The van der Waals surface area contributed by atoms with Gasteiger partial charge in [0.25, 0.3) is 0 Å². The molecule has 5 rings (SSSR count). The van der Waals surface area contributed by atoms with E-state index in [1.54, 1.807) is 13.3 Å². The number of hydrogen-bond acceptors (Lipinski definition) is 10. The van der Waals surface area contributed by atoms with E-state index in [1.165, 1.54) is 0 Å². The summed E-state index contributed by atoms with van der Waals surface area (Å²) in [6.45, 7) is 3.00. The molecule has 0 atom stereocenters. The van der Waals surface area contributed by atoms with E-state index in [4.69, 9.17) is 25.8 Å². The number of hydrogen-bond donors (Lipinski definition) is 2. The minimum absolute atomic E-state index is 0.314. The number of ether oxygens (including phenoxy) is 3. The van der Waals surface area contributed by atoms with Gasteiger partial charge in [0, 0.05) is 23.8 Å². The van der Waals surface area contributed by atoms with E-state index in [-0.39, 0.29) is 0 Å². The number of morpholine rings is 1. The molecule has 1 aliphatic heterocycles. The van der Waals surface area contributed by atoms with E-state index in [2.05, 4.69) is 35.7 Å². The zero-order valence-electron chi connectivity index (χ0n) is 21.4. The zero-order valence-corrected chi connectivity index (χ0v) is 22.1. The first-order valence-corrected chi connectivity index (χ1v) is 12.8. The Kier molecular flexibility index (Phi) is 8.67. The van der Waals surface area contributed by atoms with Gasteiger partial charge in [-0.15, -0.1) is 0 Å². The van der Waals surface area contributed by atoms with Gasteiger partial charge >= 0.3 is 0 Å². The number of para-hydroxylation sites is 1. The molecule has 0 amide bonds. The van der Waals surface area contributed by atoms with Gasteiger partial charge in [-0.3, -0.25) is 0 Å². The topological polar surface area (TPSA) is 106 Å². The molecule has 3 aromatic carbocycles. The predicted octanol–water partition coefficient (Wildman–Crippen LogP) is 5.14. The van der Waals surface area contributed by atoms with E-state index in [9.17, 15) is 0 Å². The highest BCUT2D eigenvalue weighted by Crippen LogP contribution is 2.28. The summed E-state index contributed by atoms with van der Waals surface area (Å²) in [5, 5.41) is 8.27. The second-order valence-electron chi connectivity index (χ2n) is 8.57. The Morgan fingerprint density at radius 2 is 1.72 bits per heavy atom. The summed E-state index contributed by atoms with van der Waals surface area (Å²) in [7, 11) is 1.60. The Labute approximate surface area is 231 Å². The molecule has 0 spiro atoms. The normalized spacial score (nSPS) is 13.3. The Morgan fingerprint density at radius 3 is 2.49 bits per heavy atom. The van der Waals surface area contributed by atoms with Crippen molar-refractivity contribution >= 4 is 41.3 Å². The minimum atomic E-state index is 0.314. The molecule has 0 saturated carbocycles. The number of halogens is 1. The molecule has 1 saturated heterocycles. The molecule has 4 aromatic rings. The van der Waals surface area contributed by atoms with Crippen LogP contribution in [0.1, 0.15) is 11.1 Å². The van der Waals surface area contributed by atoms with Crippen molar-refractivity contribution < 1.29 is 14.2 Å². The van der Waals surface area contributed by atoms with Gasteiger partial charge in [0.1, 0.15) is 6.61 Å². The second-order valence-corrected chi connectivity index (χ2v) is 9.00. The van der Waals surface area contributed by atoms with E-state index >= 15 is 0 Å². The average Bonchev–Trinajstić information content (AvgIpc) is 2.98. The molecule has 0 radical (unpaired) electrons. The van der Waals surface area contributed by atoms with Crippen molar-refractivity contribution in [1.82, 2.24) is 15.0 Å². The number of nitrogens with zero attached hydrogens (tertiary/aromatic N) is 5. The summed E-state index contributed by atoms with van der Waals surface area (Å²) in [5.74, 6) is 2.50. The third-order valence-corrected chi connectivity index (χ3v) is 6.07. The molecule has 2 N–H and O–H groups in total. The molecule has 0 unspecified atom stereocenters. The molecule has 200 valence electrons. The van der Waals surface area contributed by atoms with Gasteiger partial charge in [-0.25, -0.2) is 5.43 Å². The van der Waals surface area contributed by atoms with Crippen LogP contribution in [-0.2, 0) is 11.3 Å². The molecule has 1 fully saturated rings. The average molecular weight is 546 g/mol. The number of rotatable bonds is 10. The van der Waals surface area contributed by atoms with Crippen molar-refractivity contribution in [2.24, 2.45) is 5.10 Å². The second kappa shape index (κ2) is 12.9.